The quantitative estimate of drug-likeness (QED) is 0.659. The Kier molecular flexibility index (Phi) is 4.54. The standard InChI is InChI=1S/C18H22N4O3S/c1-21-12-15(11-19-21)10-14-6-8-22(13-14)26(23,24)9-7-17-16-4-2-3-5-18(16)25-20-17/h2-5,11-12,14H,6-10,13H2,1H3. The van der Waals surface area contributed by atoms with E-state index < -0.39 is 10.0 Å². The average Bonchev–Trinajstić information content (AvgIpc) is 3.34. The molecule has 26 heavy (non-hydrogen) atoms. The zero-order valence-corrected chi connectivity index (χ0v) is 15.5. The first kappa shape index (κ1) is 17.2. The van der Waals surface area contributed by atoms with Crippen molar-refractivity contribution < 1.29 is 12.9 Å². The molecular formula is C18H22N4O3S. The van der Waals surface area contributed by atoms with Crippen molar-refractivity contribution in [1.82, 2.24) is 19.2 Å². The maximum atomic E-state index is 12.7. The van der Waals surface area contributed by atoms with Crippen molar-refractivity contribution in [1.29, 1.82) is 0 Å². The van der Waals surface area contributed by atoms with Crippen molar-refractivity contribution in [2.75, 3.05) is 18.8 Å². The van der Waals surface area contributed by atoms with Crippen molar-refractivity contribution in [2.45, 2.75) is 19.3 Å². The molecule has 0 aliphatic carbocycles. The number of nitrogens with zero attached hydrogens (tertiary/aromatic N) is 4. The molecule has 0 bridgehead atoms. The Hall–Kier alpha value is -2.19. The zero-order valence-electron chi connectivity index (χ0n) is 14.7. The van der Waals surface area contributed by atoms with Crippen molar-refractivity contribution in [2.24, 2.45) is 13.0 Å². The van der Waals surface area contributed by atoms with E-state index in [0.29, 0.717) is 36.7 Å². The third-order valence-corrected chi connectivity index (χ3v) is 6.81. The van der Waals surface area contributed by atoms with Crippen LogP contribution in [0, 0.1) is 5.92 Å². The molecule has 0 amide bonds. The Bertz CT molecular complexity index is 1010. The second kappa shape index (κ2) is 6.85. The van der Waals surface area contributed by atoms with Crippen LogP contribution in [0.3, 0.4) is 0 Å². The zero-order chi connectivity index (χ0) is 18.1. The lowest BCUT2D eigenvalue weighted by Crippen LogP contribution is -2.32. The summed E-state index contributed by atoms with van der Waals surface area (Å²) in [5.74, 6) is 0.408. The normalized spacial score (nSPS) is 18.7. The highest BCUT2D eigenvalue weighted by atomic mass is 32.2. The van der Waals surface area contributed by atoms with E-state index in [4.69, 9.17) is 4.52 Å². The first-order valence-electron chi connectivity index (χ1n) is 8.80. The molecule has 1 aliphatic rings. The minimum absolute atomic E-state index is 0.0587. The van der Waals surface area contributed by atoms with Gasteiger partial charge in [-0.05, 0) is 36.5 Å². The highest BCUT2D eigenvalue weighted by Crippen LogP contribution is 2.24. The fourth-order valence-electron chi connectivity index (χ4n) is 3.60. The summed E-state index contributed by atoms with van der Waals surface area (Å²) in [5, 5.41) is 9.10. The van der Waals surface area contributed by atoms with Gasteiger partial charge in [-0.15, -0.1) is 0 Å². The van der Waals surface area contributed by atoms with Gasteiger partial charge >= 0.3 is 0 Å². The van der Waals surface area contributed by atoms with Gasteiger partial charge in [0.05, 0.1) is 17.6 Å². The smallest absolute Gasteiger partial charge is 0.214 e. The lowest BCUT2D eigenvalue weighted by atomic mass is 10.0. The molecule has 3 aromatic rings. The van der Waals surface area contributed by atoms with Gasteiger partial charge in [-0.25, -0.2) is 12.7 Å². The molecular weight excluding hydrogens is 352 g/mol. The Morgan fingerprint density at radius 1 is 1.31 bits per heavy atom. The summed E-state index contributed by atoms with van der Waals surface area (Å²) in [6, 6.07) is 7.53. The van der Waals surface area contributed by atoms with Gasteiger partial charge in [0, 0.05) is 38.1 Å². The monoisotopic (exact) mass is 374 g/mol. The molecule has 1 aromatic carbocycles. The Morgan fingerprint density at radius 2 is 2.15 bits per heavy atom. The van der Waals surface area contributed by atoms with Crippen LogP contribution in [-0.2, 0) is 29.9 Å². The van der Waals surface area contributed by atoms with Crippen LogP contribution in [0.2, 0.25) is 0 Å². The molecule has 1 fully saturated rings. The Morgan fingerprint density at radius 3 is 2.96 bits per heavy atom. The van der Waals surface area contributed by atoms with Crippen LogP contribution < -0.4 is 0 Å². The van der Waals surface area contributed by atoms with Crippen LogP contribution in [0.4, 0.5) is 0 Å². The molecule has 0 spiro atoms. The third-order valence-electron chi connectivity index (χ3n) is 4.97. The third kappa shape index (κ3) is 3.52. The summed E-state index contributed by atoms with van der Waals surface area (Å²) in [7, 11) is -1.40. The number of para-hydroxylation sites is 1. The summed E-state index contributed by atoms with van der Waals surface area (Å²) in [6.07, 6.45) is 5.97. The predicted molar refractivity (Wildman–Crippen MR) is 98.1 cm³/mol. The highest BCUT2D eigenvalue weighted by molar-refractivity contribution is 7.89. The van der Waals surface area contributed by atoms with Gasteiger partial charge in [-0.1, -0.05) is 17.3 Å². The number of benzene rings is 1. The molecule has 138 valence electrons. The van der Waals surface area contributed by atoms with Crippen molar-refractivity contribution in [3.8, 4) is 0 Å². The van der Waals surface area contributed by atoms with E-state index in [1.54, 1.807) is 8.99 Å². The Balaban J connectivity index is 1.38. The molecule has 7 nitrogen and oxygen atoms in total. The van der Waals surface area contributed by atoms with Gasteiger partial charge in [0.1, 0.15) is 0 Å². The molecule has 0 radical (unpaired) electrons. The van der Waals surface area contributed by atoms with E-state index in [-0.39, 0.29) is 5.75 Å². The van der Waals surface area contributed by atoms with E-state index in [1.165, 1.54) is 0 Å². The summed E-state index contributed by atoms with van der Waals surface area (Å²) in [6.45, 7) is 1.17. The van der Waals surface area contributed by atoms with Crippen molar-refractivity contribution in [3.05, 3.63) is 47.9 Å². The summed E-state index contributed by atoms with van der Waals surface area (Å²) >= 11 is 0. The second-order valence-corrected chi connectivity index (χ2v) is 9.02. The molecule has 1 unspecified atom stereocenters. The molecule has 3 heterocycles. The van der Waals surface area contributed by atoms with Crippen molar-refractivity contribution >= 4 is 21.0 Å². The minimum Gasteiger partial charge on any atom is -0.356 e. The molecule has 2 aromatic heterocycles. The van der Waals surface area contributed by atoms with E-state index >= 15 is 0 Å². The molecule has 1 atom stereocenters. The summed E-state index contributed by atoms with van der Waals surface area (Å²) < 4.78 is 34.1. The number of hydrogen-bond donors (Lipinski definition) is 0. The topological polar surface area (TPSA) is 81.2 Å². The second-order valence-electron chi connectivity index (χ2n) is 6.93. The lowest BCUT2D eigenvalue weighted by molar-refractivity contribution is 0.443. The fourth-order valence-corrected chi connectivity index (χ4v) is 5.13. The summed E-state index contributed by atoms with van der Waals surface area (Å²) in [5.41, 5.74) is 2.55. The van der Waals surface area contributed by atoms with E-state index in [1.807, 2.05) is 43.7 Å². The number of fused-ring (bicyclic) bond motifs is 1. The van der Waals surface area contributed by atoms with Crippen LogP contribution in [0.5, 0.6) is 0 Å². The first-order valence-corrected chi connectivity index (χ1v) is 10.4. The highest BCUT2D eigenvalue weighted by Gasteiger charge is 2.31. The number of aryl methyl sites for hydroxylation is 2. The molecule has 4 rings (SSSR count). The van der Waals surface area contributed by atoms with Gasteiger partial charge in [-0.3, -0.25) is 4.68 Å². The van der Waals surface area contributed by atoms with Gasteiger partial charge in [0.25, 0.3) is 0 Å². The lowest BCUT2D eigenvalue weighted by Gasteiger charge is -2.16. The average molecular weight is 374 g/mol. The number of hydrogen-bond acceptors (Lipinski definition) is 5. The fraction of sp³-hybridized carbons (Fsp3) is 0.444. The van der Waals surface area contributed by atoms with Crippen LogP contribution >= 0.6 is 0 Å². The van der Waals surface area contributed by atoms with Gasteiger partial charge < -0.3 is 4.52 Å². The van der Waals surface area contributed by atoms with Crippen molar-refractivity contribution in [3.63, 3.8) is 0 Å². The van der Waals surface area contributed by atoms with Crippen LogP contribution in [0.1, 0.15) is 17.7 Å². The van der Waals surface area contributed by atoms with Gasteiger partial charge in [0.2, 0.25) is 10.0 Å². The number of sulfonamides is 1. The molecule has 1 aliphatic heterocycles. The maximum Gasteiger partial charge on any atom is 0.214 e. The first-order chi connectivity index (χ1) is 12.5. The van der Waals surface area contributed by atoms with Crippen LogP contribution in [0.25, 0.3) is 11.0 Å². The van der Waals surface area contributed by atoms with Gasteiger partial charge in [0.15, 0.2) is 5.58 Å². The SMILES string of the molecule is Cn1cc(CC2CCN(S(=O)(=O)CCc3noc4ccccc34)C2)cn1. The maximum absolute atomic E-state index is 12.7. The van der Waals surface area contributed by atoms with E-state index in [2.05, 4.69) is 10.3 Å². The van der Waals surface area contributed by atoms with Crippen LogP contribution in [-0.4, -0.2) is 46.5 Å². The molecule has 8 heteroatoms. The Labute approximate surface area is 152 Å². The van der Waals surface area contributed by atoms with E-state index in [0.717, 1.165) is 23.8 Å². The number of rotatable bonds is 6. The minimum atomic E-state index is -3.29. The summed E-state index contributed by atoms with van der Waals surface area (Å²) in [4.78, 5) is 0. The molecule has 0 N–H and O–H groups in total. The van der Waals surface area contributed by atoms with E-state index in [9.17, 15) is 8.42 Å². The van der Waals surface area contributed by atoms with Crippen LogP contribution in [0.15, 0.2) is 41.2 Å². The number of aromatic nitrogens is 3. The predicted octanol–water partition coefficient (Wildman–Crippen LogP) is 2.00. The van der Waals surface area contributed by atoms with Gasteiger partial charge in [-0.2, -0.15) is 5.10 Å². The molecule has 1 saturated heterocycles. The largest absolute Gasteiger partial charge is 0.356 e. The molecule has 0 saturated carbocycles.